The third-order valence-corrected chi connectivity index (χ3v) is 7.65. The molecule has 1 aliphatic carbocycles. The molecule has 3 aromatic carbocycles. The number of nitrogens with zero attached hydrogens (tertiary/aromatic N) is 1. The number of benzene rings is 3. The van der Waals surface area contributed by atoms with Crippen LogP contribution >= 0.6 is 24.0 Å². The molecule has 3 nitrogen and oxygen atoms in total. The quantitative estimate of drug-likeness (QED) is 0.320. The Morgan fingerprint density at radius 1 is 0.973 bits per heavy atom. The molecule has 0 radical (unpaired) electrons. The first-order valence-corrected chi connectivity index (χ1v) is 13.1. The van der Waals surface area contributed by atoms with Gasteiger partial charge in [0.2, 0.25) is 0 Å². The van der Waals surface area contributed by atoms with Gasteiger partial charge in [0, 0.05) is 24.7 Å². The summed E-state index contributed by atoms with van der Waals surface area (Å²) in [6, 6.07) is 22.4. The monoisotopic (exact) mass is 539 g/mol. The maximum Gasteiger partial charge on any atom is 0.335 e. The van der Waals surface area contributed by atoms with E-state index in [-0.39, 0.29) is 19.1 Å². The Morgan fingerprint density at radius 2 is 1.68 bits per heavy atom. The first-order valence-electron chi connectivity index (χ1n) is 12.7. The Hall–Kier alpha value is -2.66. The highest BCUT2D eigenvalue weighted by molar-refractivity contribution is 6.30. The number of hydrogen-bond donors (Lipinski definition) is 1. The molecule has 6 heteroatoms. The van der Waals surface area contributed by atoms with Crippen LogP contribution in [0.2, 0.25) is 5.02 Å². The van der Waals surface area contributed by atoms with Gasteiger partial charge in [-0.25, -0.2) is 4.79 Å². The second kappa shape index (κ2) is 12.3. The number of aryl methyl sites for hydroxylation is 1. The Balaban J connectivity index is 0.00000320. The number of allylic oxidation sites excluding steroid dienone is 1. The summed E-state index contributed by atoms with van der Waals surface area (Å²) < 4.78 is 12.4. The average molecular weight is 541 g/mol. The first-order chi connectivity index (χ1) is 17.5. The van der Waals surface area contributed by atoms with Crippen molar-refractivity contribution in [1.82, 2.24) is 4.90 Å². The van der Waals surface area contributed by atoms with Crippen molar-refractivity contribution in [3.05, 3.63) is 105 Å². The molecule has 1 fully saturated rings. The average Bonchev–Trinajstić information content (AvgIpc) is 3.05. The van der Waals surface area contributed by atoms with Crippen LogP contribution in [0.5, 0.6) is 0 Å². The van der Waals surface area contributed by atoms with Gasteiger partial charge in [0.15, 0.2) is 0 Å². The van der Waals surface area contributed by atoms with Gasteiger partial charge in [-0.05, 0) is 101 Å². The number of halogens is 3. The van der Waals surface area contributed by atoms with Crippen molar-refractivity contribution < 1.29 is 14.3 Å². The molecule has 0 amide bonds. The van der Waals surface area contributed by atoms with Crippen LogP contribution < -0.4 is 0 Å². The SMILES string of the molecule is Cl.O=C(O)c1ccc2c(c1)CCCC(c1ccc(Cl)cc1)=C2c1ccc(CC2CN(CCCF)C2)cc1. The number of hydrogen-bond acceptors (Lipinski definition) is 2. The van der Waals surface area contributed by atoms with E-state index < -0.39 is 5.97 Å². The van der Waals surface area contributed by atoms with Crippen LogP contribution in [-0.2, 0) is 12.8 Å². The molecule has 1 saturated heterocycles. The van der Waals surface area contributed by atoms with Crippen LogP contribution in [0.1, 0.15) is 57.4 Å². The second-order valence-electron chi connectivity index (χ2n) is 9.96. The minimum Gasteiger partial charge on any atom is -0.478 e. The lowest BCUT2D eigenvalue weighted by molar-refractivity contribution is 0.0696. The van der Waals surface area contributed by atoms with Gasteiger partial charge in [0.05, 0.1) is 12.2 Å². The molecule has 3 aromatic rings. The van der Waals surface area contributed by atoms with Crippen molar-refractivity contribution in [3.8, 4) is 0 Å². The highest BCUT2D eigenvalue weighted by atomic mass is 35.5. The predicted molar refractivity (Wildman–Crippen MR) is 152 cm³/mol. The number of carbonyl (C=O) groups is 1. The summed E-state index contributed by atoms with van der Waals surface area (Å²) in [6.45, 7) is 2.72. The first kappa shape index (κ1) is 27.4. The molecule has 1 heterocycles. The summed E-state index contributed by atoms with van der Waals surface area (Å²) in [4.78, 5) is 14.0. The Labute approximate surface area is 229 Å². The smallest absolute Gasteiger partial charge is 0.335 e. The van der Waals surface area contributed by atoms with Crippen LogP contribution in [0.3, 0.4) is 0 Å². The van der Waals surface area contributed by atoms with Gasteiger partial charge in [0.1, 0.15) is 0 Å². The molecule has 0 atom stereocenters. The minimum atomic E-state index is -0.894. The number of carboxylic acid groups (broad SMARTS) is 1. The minimum absolute atomic E-state index is 0. The van der Waals surface area contributed by atoms with Gasteiger partial charge in [-0.2, -0.15) is 0 Å². The summed E-state index contributed by atoms with van der Waals surface area (Å²) in [6.07, 6.45) is 4.37. The zero-order valence-electron chi connectivity index (χ0n) is 20.8. The van der Waals surface area contributed by atoms with Crippen LogP contribution in [0.15, 0.2) is 66.7 Å². The predicted octanol–water partition coefficient (Wildman–Crippen LogP) is 7.59. The van der Waals surface area contributed by atoms with E-state index in [1.807, 2.05) is 24.3 Å². The van der Waals surface area contributed by atoms with E-state index >= 15 is 0 Å². The summed E-state index contributed by atoms with van der Waals surface area (Å²) >= 11 is 6.18. The molecule has 5 rings (SSSR count). The lowest BCUT2D eigenvalue weighted by Crippen LogP contribution is -2.47. The van der Waals surface area contributed by atoms with E-state index in [2.05, 4.69) is 41.3 Å². The van der Waals surface area contributed by atoms with E-state index in [1.165, 1.54) is 16.7 Å². The van der Waals surface area contributed by atoms with E-state index in [4.69, 9.17) is 11.6 Å². The topological polar surface area (TPSA) is 40.5 Å². The Kier molecular flexibility index (Phi) is 9.07. The zero-order valence-corrected chi connectivity index (χ0v) is 22.3. The summed E-state index contributed by atoms with van der Waals surface area (Å²) in [5.41, 5.74) is 8.58. The normalized spacial score (nSPS) is 15.9. The molecular weight excluding hydrogens is 508 g/mol. The number of likely N-dealkylation sites (tertiary alicyclic amines) is 1. The summed E-state index contributed by atoms with van der Waals surface area (Å²) in [5, 5.41) is 10.3. The van der Waals surface area contributed by atoms with Crippen molar-refractivity contribution in [2.45, 2.75) is 32.1 Å². The maximum atomic E-state index is 12.4. The van der Waals surface area contributed by atoms with Gasteiger partial charge < -0.3 is 10.0 Å². The number of aromatic carboxylic acids is 1. The molecule has 0 unspecified atom stereocenters. The van der Waals surface area contributed by atoms with Gasteiger partial charge in [-0.3, -0.25) is 4.39 Å². The molecule has 0 saturated carbocycles. The largest absolute Gasteiger partial charge is 0.478 e. The van der Waals surface area contributed by atoms with Crippen molar-refractivity contribution in [2.24, 2.45) is 5.92 Å². The van der Waals surface area contributed by atoms with Crippen LogP contribution in [-0.4, -0.2) is 42.3 Å². The van der Waals surface area contributed by atoms with Crippen LogP contribution in [0, 0.1) is 5.92 Å². The molecule has 1 aliphatic heterocycles. The van der Waals surface area contributed by atoms with E-state index in [0.29, 0.717) is 22.9 Å². The lowest BCUT2D eigenvalue weighted by Gasteiger charge is -2.39. The van der Waals surface area contributed by atoms with E-state index in [0.717, 1.165) is 67.6 Å². The maximum absolute atomic E-state index is 12.4. The number of fused-ring (bicyclic) bond motifs is 1. The molecule has 1 N–H and O–H groups in total. The zero-order chi connectivity index (χ0) is 25.1. The standard InChI is InChI=1S/C31H31ClFNO2.ClH/c32-27-12-9-23(10-13-27)28-4-1-3-25-18-26(31(35)36)11-14-29(25)30(28)24-7-5-21(6-8-24)17-22-19-34(20-22)16-2-15-33;/h5-14,18,22H,1-4,15-17,19-20H2,(H,35,36);1H. The van der Waals surface area contributed by atoms with Crippen molar-refractivity contribution in [1.29, 1.82) is 0 Å². The molecule has 194 valence electrons. The molecular formula is C31H32Cl2FNO2. The van der Waals surface area contributed by atoms with Gasteiger partial charge in [0.25, 0.3) is 0 Å². The number of carboxylic acids is 1. The molecule has 2 aliphatic rings. The lowest BCUT2D eigenvalue weighted by atomic mass is 9.86. The highest BCUT2D eigenvalue weighted by Gasteiger charge is 2.26. The number of alkyl halides is 1. The highest BCUT2D eigenvalue weighted by Crippen LogP contribution is 2.40. The fraction of sp³-hybridized carbons (Fsp3) is 0.323. The fourth-order valence-corrected chi connectivity index (χ4v) is 5.73. The van der Waals surface area contributed by atoms with Crippen molar-refractivity contribution >= 4 is 41.1 Å². The molecule has 0 spiro atoms. The Bertz CT molecular complexity index is 1270. The third kappa shape index (κ3) is 6.26. The molecule has 0 aromatic heterocycles. The van der Waals surface area contributed by atoms with Gasteiger partial charge in [-0.15, -0.1) is 12.4 Å². The summed E-state index contributed by atoms with van der Waals surface area (Å²) in [5.74, 6) is -0.263. The van der Waals surface area contributed by atoms with Gasteiger partial charge in [-0.1, -0.05) is 54.1 Å². The van der Waals surface area contributed by atoms with Crippen molar-refractivity contribution in [2.75, 3.05) is 26.3 Å². The van der Waals surface area contributed by atoms with Crippen molar-refractivity contribution in [3.63, 3.8) is 0 Å². The fourth-order valence-electron chi connectivity index (χ4n) is 5.60. The molecule has 0 bridgehead atoms. The van der Waals surface area contributed by atoms with E-state index in [9.17, 15) is 14.3 Å². The van der Waals surface area contributed by atoms with Crippen LogP contribution in [0.25, 0.3) is 11.1 Å². The Morgan fingerprint density at radius 3 is 2.35 bits per heavy atom. The van der Waals surface area contributed by atoms with Gasteiger partial charge >= 0.3 is 5.97 Å². The molecule has 37 heavy (non-hydrogen) atoms. The van der Waals surface area contributed by atoms with Crippen LogP contribution in [0.4, 0.5) is 4.39 Å². The third-order valence-electron chi connectivity index (χ3n) is 7.40. The number of rotatable bonds is 8. The van der Waals surface area contributed by atoms with E-state index in [1.54, 1.807) is 6.07 Å². The summed E-state index contributed by atoms with van der Waals surface area (Å²) in [7, 11) is 0. The second-order valence-corrected chi connectivity index (χ2v) is 10.4.